The fraction of sp³-hybridized carbons (Fsp3) is 0.571. The Labute approximate surface area is 113 Å². The summed E-state index contributed by atoms with van der Waals surface area (Å²) in [6.07, 6.45) is 3.03. The summed E-state index contributed by atoms with van der Waals surface area (Å²) in [5, 5.41) is 0. The first-order valence-electron chi connectivity index (χ1n) is 6.73. The first-order chi connectivity index (χ1) is 9.10. The van der Waals surface area contributed by atoms with Gasteiger partial charge in [-0.2, -0.15) is 0 Å². The summed E-state index contributed by atoms with van der Waals surface area (Å²) in [5.41, 5.74) is 7.17. The highest BCUT2D eigenvalue weighted by atomic mass is 16.5. The number of nitrogen functional groups attached to an aromatic ring is 1. The monoisotopic (exact) mass is 263 g/mol. The molecule has 1 aromatic rings. The number of pyridine rings is 1. The first kappa shape index (κ1) is 13.8. The third kappa shape index (κ3) is 3.44. The van der Waals surface area contributed by atoms with E-state index in [1.807, 2.05) is 13.0 Å². The van der Waals surface area contributed by atoms with E-state index in [1.165, 1.54) is 0 Å². The van der Waals surface area contributed by atoms with Crippen LogP contribution in [0.1, 0.15) is 35.8 Å². The SMILES string of the molecule is CCc1cc(C(=O)N(C)CC2CCCO2)cc(N)n1. The summed E-state index contributed by atoms with van der Waals surface area (Å²) < 4.78 is 5.55. The lowest BCUT2D eigenvalue weighted by atomic mass is 10.1. The van der Waals surface area contributed by atoms with Crippen LogP contribution in [0.3, 0.4) is 0 Å². The second-order valence-electron chi connectivity index (χ2n) is 4.95. The Morgan fingerprint density at radius 1 is 1.58 bits per heavy atom. The second kappa shape index (κ2) is 6.02. The van der Waals surface area contributed by atoms with Crippen molar-refractivity contribution in [1.82, 2.24) is 9.88 Å². The Kier molecular flexibility index (Phi) is 4.37. The summed E-state index contributed by atoms with van der Waals surface area (Å²) in [7, 11) is 1.80. The molecule has 19 heavy (non-hydrogen) atoms. The van der Waals surface area contributed by atoms with E-state index in [0.717, 1.165) is 31.6 Å². The van der Waals surface area contributed by atoms with Crippen molar-refractivity contribution in [3.05, 3.63) is 23.4 Å². The predicted octanol–water partition coefficient (Wildman–Crippen LogP) is 1.48. The molecule has 0 spiro atoms. The fourth-order valence-electron chi connectivity index (χ4n) is 2.31. The van der Waals surface area contributed by atoms with Crippen LogP contribution in [0, 0.1) is 0 Å². The smallest absolute Gasteiger partial charge is 0.253 e. The van der Waals surface area contributed by atoms with E-state index < -0.39 is 0 Å². The van der Waals surface area contributed by atoms with Crippen LogP contribution in [0.5, 0.6) is 0 Å². The van der Waals surface area contributed by atoms with Gasteiger partial charge < -0.3 is 15.4 Å². The maximum atomic E-state index is 12.3. The fourth-order valence-corrected chi connectivity index (χ4v) is 2.31. The number of likely N-dealkylation sites (N-methyl/N-ethyl adjacent to an activating group) is 1. The molecule has 1 atom stereocenters. The molecule has 1 aromatic heterocycles. The van der Waals surface area contributed by atoms with Crippen molar-refractivity contribution in [2.75, 3.05) is 25.9 Å². The molecule has 1 fully saturated rings. The number of amides is 1. The van der Waals surface area contributed by atoms with Crippen molar-refractivity contribution in [1.29, 1.82) is 0 Å². The van der Waals surface area contributed by atoms with Crippen LogP contribution in [0.15, 0.2) is 12.1 Å². The number of rotatable bonds is 4. The Balaban J connectivity index is 2.07. The number of carbonyl (C=O) groups excluding carboxylic acids is 1. The minimum atomic E-state index is -0.0284. The number of aryl methyl sites for hydroxylation is 1. The summed E-state index contributed by atoms with van der Waals surface area (Å²) in [4.78, 5) is 18.2. The molecule has 1 aliphatic heterocycles. The van der Waals surface area contributed by atoms with Crippen molar-refractivity contribution >= 4 is 11.7 Å². The molecule has 1 aliphatic rings. The van der Waals surface area contributed by atoms with E-state index in [2.05, 4.69) is 4.98 Å². The number of ether oxygens (including phenoxy) is 1. The van der Waals surface area contributed by atoms with Gasteiger partial charge in [-0.1, -0.05) is 6.92 Å². The molecule has 2 rings (SSSR count). The van der Waals surface area contributed by atoms with Gasteiger partial charge in [-0.3, -0.25) is 4.79 Å². The Morgan fingerprint density at radius 2 is 2.37 bits per heavy atom. The first-order valence-corrected chi connectivity index (χ1v) is 6.73. The largest absolute Gasteiger partial charge is 0.384 e. The van der Waals surface area contributed by atoms with E-state index in [1.54, 1.807) is 18.0 Å². The topological polar surface area (TPSA) is 68.5 Å². The van der Waals surface area contributed by atoms with Gasteiger partial charge in [-0.15, -0.1) is 0 Å². The van der Waals surface area contributed by atoms with E-state index in [-0.39, 0.29) is 12.0 Å². The van der Waals surface area contributed by atoms with E-state index in [4.69, 9.17) is 10.5 Å². The molecule has 0 bridgehead atoms. The molecule has 5 heteroatoms. The Bertz CT molecular complexity index is 456. The minimum absolute atomic E-state index is 0.0284. The van der Waals surface area contributed by atoms with Crippen LogP contribution in [0.2, 0.25) is 0 Å². The average Bonchev–Trinajstić information content (AvgIpc) is 2.89. The van der Waals surface area contributed by atoms with Gasteiger partial charge in [-0.05, 0) is 31.4 Å². The van der Waals surface area contributed by atoms with Crippen molar-refractivity contribution in [3.8, 4) is 0 Å². The standard InChI is InChI=1S/C14H21N3O2/c1-3-11-7-10(8-13(15)16-11)14(18)17(2)9-12-5-4-6-19-12/h7-8,12H,3-6,9H2,1-2H3,(H2,15,16). The van der Waals surface area contributed by atoms with Crippen molar-refractivity contribution < 1.29 is 9.53 Å². The molecule has 0 aromatic carbocycles. The van der Waals surface area contributed by atoms with Crippen molar-refractivity contribution in [2.24, 2.45) is 0 Å². The highest BCUT2D eigenvalue weighted by Crippen LogP contribution is 2.15. The molecule has 0 saturated carbocycles. The Hall–Kier alpha value is -1.62. The quantitative estimate of drug-likeness (QED) is 0.893. The average molecular weight is 263 g/mol. The van der Waals surface area contributed by atoms with Crippen LogP contribution >= 0.6 is 0 Å². The molecule has 1 unspecified atom stereocenters. The molecular weight excluding hydrogens is 242 g/mol. The molecule has 2 N–H and O–H groups in total. The summed E-state index contributed by atoms with van der Waals surface area (Å²) >= 11 is 0. The lowest BCUT2D eigenvalue weighted by Crippen LogP contribution is -2.34. The zero-order valence-electron chi connectivity index (χ0n) is 11.6. The van der Waals surface area contributed by atoms with Crippen molar-refractivity contribution in [2.45, 2.75) is 32.3 Å². The number of anilines is 1. The lowest BCUT2D eigenvalue weighted by Gasteiger charge is -2.21. The van der Waals surface area contributed by atoms with Gasteiger partial charge in [0.2, 0.25) is 0 Å². The molecule has 5 nitrogen and oxygen atoms in total. The maximum Gasteiger partial charge on any atom is 0.253 e. The van der Waals surface area contributed by atoms with Gasteiger partial charge in [0, 0.05) is 31.5 Å². The molecule has 104 valence electrons. The van der Waals surface area contributed by atoms with Crippen LogP contribution in [-0.2, 0) is 11.2 Å². The molecule has 1 amide bonds. The van der Waals surface area contributed by atoms with Crippen molar-refractivity contribution in [3.63, 3.8) is 0 Å². The number of aromatic nitrogens is 1. The van der Waals surface area contributed by atoms with Gasteiger partial charge in [0.25, 0.3) is 5.91 Å². The molecule has 0 aliphatic carbocycles. The highest BCUT2D eigenvalue weighted by molar-refractivity contribution is 5.94. The van der Waals surface area contributed by atoms with E-state index in [9.17, 15) is 4.79 Å². The number of hydrogen-bond acceptors (Lipinski definition) is 4. The number of nitrogens with two attached hydrogens (primary N) is 1. The Morgan fingerprint density at radius 3 is 3.00 bits per heavy atom. The van der Waals surface area contributed by atoms with Crippen LogP contribution in [-0.4, -0.2) is 42.1 Å². The zero-order valence-corrected chi connectivity index (χ0v) is 11.6. The van der Waals surface area contributed by atoms with Crippen LogP contribution < -0.4 is 5.73 Å². The van der Waals surface area contributed by atoms with Gasteiger partial charge >= 0.3 is 0 Å². The summed E-state index contributed by atoms with van der Waals surface area (Å²) in [6, 6.07) is 3.44. The zero-order chi connectivity index (χ0) is 13.8. The van der Waals surface area contributed by atoms with E-state index >= 15 is 0 Å². The molecule has 0 radical (unpaired) electrons. The van der Waals surface area contributed by atoms with Gasteiger partial charge in [0.05, 0.1) is 6.10 Å². The second-order valence-corrected chi connectivity index (χ2v) is 4.95. The number of hydrogen-bond donors (Lipinski definition) is 1. The normalized spacial score (nSPS) is 18.5. The third-order valence-corrected chi connectivity index (χ3v) is 3.36. The summed E-state index contributed by atoms with van der Waals surface area (Å²) in [6.45, 7) is 3.42. The van der Waals surface area contributed by atoms with E-state index in [0.29, 0.717) is 17.9 Å². The molecule has 2 heterocycles. The number of carbonyl (C=O) groups is 1. The highest BCUT2D eigenvalue weighted by Gasteiger charge is 2.21. The summed E-state index contributed by atoms with van der Waals surface area (Å²) in [5.74, 6) is 0.368. The maximum absolute atomic E-state index is 12.3. The van der Waals surface area contributed by atoms with Crippen LogP contribution in [0.4, 0.5) is 5.82 Å². The molecular formula is C14H21N3O2. The predicted molar refractivity (Wildman–Crippen MR) is 74.0 cm³/mol. The lowest BCUT2D eigenvalue weighted by molar-refractivity contribution is 0.0587. The van der Waals surface area contributed by atoms with Gasteiger partial charge in [0.15, 0.2) is 0 Å². The third-order valence-electron chi connectivity index (χ3n) is 3.36. The van der Waals surface area contributed by atoms with Gasteiger partial charge in [0.1, 0.15) is 5.82 Å². The minimum Gasteiger partial charge on any atom is -0.384 e. The van der Waals surface area contributed by atoms with Gasteiger partial charge in [-0.25, -0.2) is 4.98 Å². The van der Waals surface area contributed by atoms with Crippen LogP contribution in [0.25, 0.3) is 0 Å². The molecule has 1 saturated heterocycles. The number of nitrogens with zero attached hydrogens (tertiary/aromatic N) is 2.